The first-order valence-corrected chi connectivity index (χ1v) is 8.90. The number of benzene rings is 1. The zero-order valence-corrected chi connectivity index (χ0v) is 13.8. The van der Waals surface area contributed by atoms with Gasteiger partial charge in [0.25, 0.3) is 5.91 Å². The summed E-state index contributed by atoms with van der Waals surface area (Å²) in [6, 6.07) is 6.96. The van der Waals surface area contributed by atoms with Crippen molar-refractivity contribution in [1.29, 1.82) is 0 Å². The number of hydrogen-bond donors (Lipinski definition) is 2. The van der Waals surface area contributed by atoms with Crippen molar-refractivity contribution in [2.45, 2.75) is 19.8 Å². The number of carbonyl (C=O) groups is 1. The van der Waals surface area contributed by atoms with Crippen LogP contribution >= 0.6 is 15.9 Å². The van der Waals surface area contributed by atoms with Crippen LogP contribution in [0.2, 0.25) is 0 Å². The van der Waals surface area contributed by atoms with E-state index in [-0.39, 0.29) is 24.7 Å². The maximum absolute atomic E-state index is 11.7. The van der Waals surface area contributed by atoms with Gasteiger partial charge in [-0.25, -0.2) is 13.1 Å². The van der Waals surface area contributed by atoms with Crippen LogP contribution in [0.3, 0.4) is 0 Å². The lowest BCUT2D eigenvalue weighted by atomic mass is 10.2. The number of hydrogen-bond acceptors (Lipinski definition) is 3. The smallest absolute Gasteiger partial charge is 0.251 e. The molecule has 1 aromatic rings. The summed E-state index contributed by atoms with van der Waals surface area (Å²) in [6.07, 6.45) is 1.47. The highest BCUT2D eigenvalue weighted by atomic mass is 79.9. The number of carbonyl (C=O) groups excluding carboxylic acids is 1. The van der Waals surface area contributed by atoms with Crippen molar-refractivity contribution in [3.05, 3.63) is 34.3 Å². The third-order valence-corrected chi connectivity index (χ3v) is 4.60. The molecular formula is C13H19BrN2O3S. The first-order valence-electron chi connectivity index (χ1n) is 6.45. The van der Waals surface area contributed by atoms with Gasteiger partial charge < -0.3 is 5.32 Å². The Morgan fingerprint density at radius 2 is 1.85 bits per heavy atom. The van der Waals surface area contributed by atoms with Gasteiger partial charge in [-0.1, -0.05) is 29.3 Å². The van der Waals surface area contributed by atoms with Crippen LogP contribution in [0.5, 0.6) is 0 Å². The minimum absolute atomic E-state index is 0.129. The van der Waals surface area contributed by atoms with Gasteiger partial charge in [-0.15, -0.1) is 0 Å². The minimum Gasteiger partial charge on any atom is -0.351 e. The topological polar surface area (TPSA) is 75.3 Å². The summed E-state index contributed by atoms with van der Waals surface area (Å²) in [5.74, 6) is -0.0882. The zero-order valence-electron chi connectivity index (χ0n) is 11.4. The van der Waals surface area contributed by atoms with Crippen LogP contribution in [0.25, 0.3) is 0 Å². The maximum atomic E-state index is 11.7. The first kappa shape index (κ1) is 17.1. The molecule has 0 aromatic heterocycles. The van der Waals surface area contributed by atoms with E-state index < -0.39 is 10.0 Å². The van der Waals surface area contributed by atoms with E-state index >= 15 is 0 Å². The molecule has 0 atom stereocenters. The maximum Gasteiger partial charge on any atom is 0.251 e. The Bertz CT molecular complexity index is 529. The van der Waals surface area contributed by atoms with Crippen LogP contribution in [-0.2, 0) is 10.0 Å². The molecule has 0 radical (unpaired) electrons. The van der Waals surface area contributed by atoms with Crippen molar-refractivity contribution in [3.63, 3.8) is 0 Å². The normalized spacial score (nSPS) is 11.3. The fraction of sp³-hybridized carbons (Fsp3) is 0.462. The molecule has 0 fully saturated rings. The average Bonchev–Trinajstić information content (AvgIpc) is 2.42. The van der Waals surface area contributed by atoms with Gasteiger partial charge >= 0.3 is 0 Å². The Morgan fingerprint density at radius 1 is 1.20 bits per heavy atom. The summed E-state index contributed by atoms with van der Waals surface area (Å²) in [7, 11) is -3.22. The van der Waals surface area contributed by atoms with E-state index in [4.69, 9.17) is 0 Å². The number of amides is 1. The third-order valence-electron chi connectivity index (χ3n) is 2.61. The van der Waals surface area contributed by atoms with Gasteiger partial charge in [0.05, 0.1) is 5.75 Å². The van der Waals surface area contributed by atoms with Crippen molar-refractivity contribution >= 4 is 31.9 Å². The summed E-state index contributed by atoms with van der Waals surface area (Å²) in [5, 5.41) is 2.67. The largest absolute Gasteiger partial charge is 0.351 e. The lowest BCUT2D eigenvalue weighted by molar-refractivity contribution is 0.0954. The Labute approximate surface area is 128 Å². The number of nitrogens with one attached hydrogen (secondary N) is 2. The molecule has 0 aliphatic carbocycles. The van der Waals surface area contributed by atoms with Gasteiger partial charge in [0.1, 0.15) is 0 Å². The highest BCUT2D eigenvalue weighted by Crippen LogP contribution is 2.10. The molecule has 0 aliphatic rings. The summed E-state index contributed by atoms with van der Waals surface area (Å²) in [6.45, 7) is 2.41. The van der Waals surface area contributed by atoms with Crippen LogP contribution < -0.4 is 10.0 Å². The fourth-order valence-corrected chi connectivity index (χ4v) is 2.98. The number of sulfonamides is 1. The lowest BCUT2D eigenvalue weighted by Crippen LogP contribution is -2.35. The van der Waals surface area contributed by atoms with Crippen LogP contribution in [0.15, 0.2) is 28.7 Å². The molecule has 0 unspecified atom stereocenters. The van der Waals surface area contributed by atoms with Gasteiger partial charge in [0.15, 0.2) is 0 Å². The van der Waals surface area contributed by atoms with Gasteiger partial charge in [0.2, 0.25) is 10.0 Å². The molecular weight excluding hydrogens is 344 g/mol. The standard InChI is InChI=1S/C13H19BrN2O3S/c1-2-3-10-20(18,19)16-9-8-15-13(17)11-4-6-12(14)7-5-11/h4-7,16H,2-3,8-10H2,1H3,(H,15,17). The predicted octanol–water partition coefficient (Wildman–Crippen LogP) is 1.90. The molecule has 0 heterocycles. The molecule has 2 N–H and O–H groups in total. The van der Waals surface area contributed by atoms with E-state index in [2.05, 4.69) is 26.0 Å². The molecule has 0 spiro atoms. The Balaban J connectivity index is 2.30. The van der Waals surface area contributed by atoms with Gasteiger partial charge in [0, 0.05) is 23.1 Å². The fourth-order valence-electron chi connectivity index (χ4n) is 1.49. The molecule has 7 heteroatoms. The molecule has 1 aromatic carbocycles. The van der Waals surface area contributed by atoms with Crippen molar-refractivity contribution < 1.29 is 13.2 Å². The van der Waals surface area contributed by atoms with Crippen LogP contribution in [0.4, 0.5) is 0 Å². The second-order valence-electron chi connectivity index (χ2n) is 4.33. The summed E-state index contributed by atoms with van der Waals surface area (Å²) in [5.41, 5.74) is 0.544. The molecule has 0 bridgehead atoms. The molecule has 112 valence electrons. The molecule has 0 saturated heterocycles. The SMILES string of the molecule is CCCCS(=O)(=O)NCCNC(=O)c1ccc(Br)cc1. The van der Waals surface area contributed by atoms with Crippen LogP contribution in [-0.4, -0.2) is 33.2 Å². The van der Waals surface area contributed by atoms with Gasteiger partial charge in [-0.3, -0.25) is 4.79 Å². The highest BCUT2D eigenvalue weighted by Gasteiger charge is 2.09. The predicted molar refractivity (Wildman–Crippen MR) is 83.2 cm³/mol. The number of unbranched alkanes of at least 4 members (excludes halogenated alkanes) is 1. The number of rotatable bonds is 8. The number of halogens is 1. The molecule has 20 heavy (non-hydrogen) atoms. The monoisotopic (exact) mass is 362 g/mol. The lowest BCUT2D eigenvalue weighted by Gasteiger charge is -2.07. The Morgan fingerprint density at radius 3 is 2.45 bits per heavy atom. The van der Waals surface area contributed by atoms with E-state index in [0.29, 0.717) is 12.0 Å². The average molecular weight is 363 g/mol. The van der Waals surface area contributed by atoms with Crippen LogP contribution in [0.1, 0.15) is 30.1 Å². The third kappa shape index (κ3) is 6.49. The molecule has 0 aliphatic heterocycles. The van der Waals surface area contributed by atoms with Gasteiger partial charge in [-0.2, -0.15) is 0 Å². The first-order chi connectivity index (χ1) is 9.44. The Kier molecular flexibility index (Phi) is 7.18. The van der Waals surface area contributed by atoms with E-state index in [9.17, 15) is 13.2 Å². The second kappa shape index (κ2) is 8.39. The van der Waals surface area contributed by atoms with E-state index in [0.717, 1.165) is 10.9 Å². The molecule has 0 saturated carbocycles. The van der Waals surface area contributed by atoms with Crippen molar-refractivity contribution in [1.82, 2.24) is 10.0 Å². The highest BCUT2D eigenvalue weighted by molar-refractivity contribution is 9.10. The minimum atomic E-state index is -3.22. The summed E-state index contributed by atoms with van der Waals surface area (Å²) < 4.78 is 26.4. The second-order valence-corrected chi connectivity index (χ2v) is 7.17. The molecule has 1 amide bonds. The Hall–Kier alpha value is -0.920. The van der Waals surface area contributed by atoms with E-state index in [1.165, 1.54) is 0 Å². The molecule has 5 nitrogen and oxygen atoms in total. The van der Waals surface area contributed by atoms with Crippen molar-refractivity contribution in [2.24, 2.45) is 0 Å². The van der Waals surface area contributed by atoms with Crippen molar-refractivity contribution in [3.8, 4) is 0 Å². The summed E-state index contributed by atoms with van der Waals surface area (Å²) >= 11 is 3.29. The van der Waals surface area contributed by atoms with Crippen molar-refractivity contribution in [2.75, 3.05) is 18.8 Å². The van der Waals surface area contributed by atoms with E-state index in [1.807, 2.05) is 6.92 Å². The van der Waals surface area contributed by atoms with Gasteiger partial charge in [-0.05, 0) is 30.7 Å². The molecule has 1 rings (SSSR count). The van der Waals surface area contributed by atoms with E-state index in [1.54, 1.807) is 24.3 Å². The summed E-state index contributed by atoms with van der Waals surface area (Å²) in [4.78, 5) is 11.7. The zero-order chi connectivity index (χ0) is 15.0. The quantitative estimate of drug-likeness (QED) is 0.693. The van der Waals surface area contributed by atoms with Crippen LogP contribution in [0, 0.1) is 0 Å².